The molecule has 0 radical (unpaired) electrons. The second kappa shape index (κ2) is 8.94. The van der Waals surface area contributed by atoms with Gasteiger partial charge in [-0.25, -0.2) is 0 Å². The van der Waals surface area contributed by atoms with E-state index in [0.29, 0.717) is 6.54 Å². The van der Waals surface area contributed by atoms with Crippen molar-refractivity contribution in [2.75, 3.05) is 13.2 Å². The number of hydrogen-bond acceptors (Lipinski definition) is 5. The highest BCUT2D eigenvalue weighted by molar-refractivity contribution is 6.32. The lowest BCUT2D eigenvalue weighted by molar-refractivity contribution is -0.384. The van der Waals surface area contributed by atoms with E-state index in [1.165, 1.54) is 12.1 Å². The number of nitrogens with one attached hydrogen (secondary N) is 2. The smallest absolute Gasteiger partial charge is 0.271 e. The highest BCUT2D eigenvalue weighted by Gasteiger charge is 2.16. The van der Waals surface area contributed by atoms with Crippen molar-refractivity contribution in [3.05, 3.63) is 33.3 Å². The van der Waals surface area contributed by atoms with Crippen LogP contribution in [0.2, 0.25) is 5.02 Å². The molecule has 9 heteroatoms. The van der Waals surface area contributed by atoms with E-state index in [-0.39, 0.29) is 29.0 Å². The second-order valence-electron chi connectivity index (χ2n) is 4.74. The molecule has 0 unspecified atom stereocenters. The molecule has 1 atom stereocenters. The molecule has 0 aromatic heterocycles. The molecule has 2 N–H and O–H groups in total. The fourth-order valence-electron chi connectivity index (χ4n) is 1.61. The fourth-order valence-corrected chi connectivity index (χ4v) is 1.84. The maximum absolute atomic E-state index is 11.7. The lowest BCUT2D eigenvalue weighted by Gasteiger charge is -2.14. The van der Waals surface area contributed by atoms with Crippen molar-refractivity contribution >= 4 is 29.1 Å². The minimum absolute atomic E-state index is 0.0285. The summed E-state index contributed by atoms with van der Waals surface area (Å²) >= 11 is 5.85. The number of halogens is 1. The van der Waals surface area contributed by atoms with Crippen molar-refractivity contribution in [3.8, 4) is 5.75 Å². The Bertz CT molecular complexity index is 594. The first-order chi connectivity index (χ1) is 10.8. The summed E-state index contributed by atoms with van der Waals surface area (Å²) < 4.78 is 5.20. The number of rotatable bonds is 8. The van der Waals surface area contributed by atoms with Crippen molar-refractivity contribution < 1.29 is 19.2 Å². The molecule has 1 aromatic rings. The zero-order chi connectivity index (χ0) is 17.4. The van der Waals surface area contributed by atoms with Crippen LogP contribution >= 0.6 is 11.6 Å². The summed E-state index contributed by atoms with van der Waals surface area (Å²) in [5.74, 6) is -0.636. The number of nitro groups is 1. The molecule has 0 bridgehead atoms. The van der Waals surface area contributed by atoms with Gasteiger partial charge in [-0.3, -0.25) is 19.7 Å². The molecule has 8 nitrogen and oxygen atoms in total. The van der Waals surface area contributed by atoms with Crippen LogP contribution in [0.15, 0.2) is 18.2 Å². The summed E-state index contributed by atoms with van der Waals surface area (Å²) in [5.41, 5.74) is -0.173. The Hall–Kier alpha value is -2.35. The van der Waals surface area contributed by atoms with Gasteiger partial charge in [-0.1, -0.05) is 18.5 Å². The van der Waals surface area contributed by atoms with E-state index in [1.54, 1.807) is 6.92 Å². The van der Waals surface area contributed by atoms with E-state index in [1.807, 2.05) is 6.92 Å². The maximum atomic E-state index is 11.7. The molecule has 0 saturated carbocycles. The average Bonchev–Trinajstić information content (AvgIpc) is 2.50. The Morgan fingerprint density at radius 2 is 2.13 bits per heavy atom. The van der Waals surface area contributed by atoms with Gasteiger partial charge in [0.25, 0.3) is 11.6 Å². The van der Waals surface area contributed by atoms with Gasteiger partial charge in [0.1, 0.15) is 11.8 Å². The van der Waals surface area contributed by atoms with Gasteiger partial charge in [0, 0.05) is 18.7 Å². The number of benzene rings is 1. The first kappa shape index (κ1) is 18.7. The van der Waals surface area contributed by atoms with Crippen LogP contribution in [0.25, 0.3) is 0 Å². The molecular weight excluding hydrogens is 326 g/mol. The molecule has 2 amide bonds. The van der Waals surface area contributed by atoms with Crippen molar-refractivity contribution in [1.29, 1.82) is 0 Å². The number of carbonyl (C=O) groups excluding carboxylic acids is 2. The normalized spacial score (nSPS) is 11.4. The monoisotopic (exact) mass is 343 g/mol. The first-order valence-corrected chi connectivity index (χ1v) is 7.36. The van der Waals surface area contributed by atoms with Crippen LogP contribution in [-0.2, 0) is 9.59 Å². The Morgan fingerprint density at radius 3 is 2.70 bits per heavy atom. The highest BCUT2D eigenvalue weighted by atomic mass is 35.5. The molecule has 0 heterocycles. The Balaban J connectivity index is 2.50. The summed E-state index contributed by atoms with van der Waals surface area (Å²) in [6.45, 7) is 3.66. The van der Waals surface area contributed by atoms with E-state index >= 15 is 0 Å². The third kappa shape index (κ3) is 6.11. The number of non-ortho nitro benzene ring substituents is 1. The number of hydrogen-bond donors (Lipinski definition) is 2. The molecule has 23 heavy (non-hydrogen) atoms. The third-order valence-electron chi connectivity index (χ3n) is 2.81. The van der Waals surface area contributed by atoms with Gasteiger partial charge in [0.2, 0.25) is 5.91 Å². The quantitative estimate of drug-likeness (QED) is 0.551. The van der Waals surface area contributed by atoms with Crippen LogP contribution < -0.4 is 15.4 Å². The minimum atomic E-state index is -0.690. The maximum Gasteiger partial charge on any atom is 0.271 e. The molecule has 0 spiro atoms. The average molecular weight is 344 g/mol. The summed E-state index contributed by atoms with van der Waals surface area (Å²) in [7, 11) is 0. The van der Waals surface area contributed by atoms with Gasteiger partial charge >= 0.3 is 0 Å². The van der Waals surface area contributed by atoms with Crippen LogP contribution in [0.1, 0.15) is 20.3 Å². The molecule has 1 rings (SSSR count). The van der Waals surface area contributed by atoms with Crippen molar-refractivity contribution in [2.45, 2.75) is 26.3 Å². The van der Waals surface area contributed by atoms with Crippen molar-refractivity contribution in [2.24, 2.45) is 0 Å². The molecule has 0 fully saturated rings. The largest absolute Gasteiger partial charge is 0.482 e. The Labute approximate surface area is 138 Å². The number of nitro benzene ring substituents is 1. The van der Waals surface area contributed by atoms with Crippen molar-refractivity contribution in [1.82, 2.24) is 10.6 Å². The highest BCUT2D eigenvalue weighted by Crippen LogP contribution is 2.28. The molecule has 1 aromatic carbocycles. The van der Waals surface area contributed by atoms with Gasteiger partial charge in [-0.2, -0.15) is 0 Å². The summed E-state index contributed by atoms with van der Waals surface area (Å²) in [6, 6.07) is 2.98. The third-order valence-corrected chi connectivity index (χ3v) is 3.10. The van der Waals surface area contributed by atoms with Crippen molar-refractivity contribution in [3.63, 3.8) is 0 Å². The van der Waals surface area contributed by atoms with E-state index < -0.39 is 16.9 Å². The molecule has 126 valence electrons. The zero-order valence-corrected chi connectivity index (χ0v) is 13.6. The molecule has 0 aliphatic heterocycles. The molecule has 0 aliphatic rings. The number of ether oxygens (including phenoxy) is 1. The number of nitrogens with zero attached hydrogens (tertiary/aromatic N) is 1. The minimum Gasteiger partial charge on any atom is -0.482 e. The standard InChI is InChI=1S/C14H18ClN3O5/c1-3-6-16-14(20)9(2)17-13(19)8-23-12-5-4-10(18(21)22)7-11(12)15/h4-5,7,9H,3,6,8H2,1-2H3,(H,16,20)(H,17,19)/t9-/m0/s1. The van der Waals surface area contributed by atoms with Gasteiger partial charge in [-0.05, 0) is 19.4 Å². The van der Waals surface area contributed by atoms with E-state index in [0.717, 1.165) is 12.5 Å². The predicted molar refractivity (Wildman–Crippen MR) is 84.5 cm³/mol. The summed E-state index contributed by atoms with van der Waals surface area (Å²) in [5, 5.41) is 15.8. The molecule has 0 aliphatic carbocycles. The van der Waals surface area contributed by atoms with Gasteiger partial charge in [0.15, 0.2) is 6.61 Å². The lowest BCUT2D eigenvalue weighted by Crippen LogP contribution is -2.46. The van der Waals surface area contributed by atoms with Crippen LogP contribution in [0.4, 0.5) is 5.69 Å². The fraction of sp³-hybridized carbons (Fsp3) is 0.429. The number of amides is 2. The van der Waals surface area contributed by atoms with E-state index in [2.05, 4.69) is 10.6 Å². The molecule has 0 saturated heterocycles. The second-order valence-corrected chi connectivity index (χ2v) is 5.15. The van der Waals surface area contributed by atoms with E-state index in [4.69, 9.17) is 16.3 Å². The summed E-state index contributed by atoms with van der Waals surface area (Å²) in [6.07, 6.45) is 0.800. The van der Waals surface area contributed by atoms with Crippen LogP contribution in [-0.4, -0.2) is 35.9 Å². The van der Waals surface area contributed by atoms with Gasteiger partial charge in [-0.15, -0.1) is 0 Å². The predicted octanol–water partition coefficient (Wildman–Crippen LogP) is 1.66. The van der Waals surface area contributed by atoms with E-state index in [9.17, 15) is 19.7 Å². The topological polar surface area (TPSA) is 111 Å². The number of carbonyl (C=O) groups is 2. The zero-order valence-electron chi connectivity index (χ0n) is 12.8. The van der Waals surface area contributed by atoms with Crippen LogP contribution in [0.5, 0.6) is 5.75 Å². The van der Waals surface area contributed by atoms with Gasteiger partial charge in [0.05, 0.1) is 9.95 Å². The summed E-state index contributed by atoms with van der Waals surface area (Å²) in [4.78, 5) is 33.3. The SMILES string of the molecule is CCCNC(=O)[C@H](C)NC(=O)COc1ccc([N+](=O)[O-])cc1Cl. The van der Waals surface area contributed by atoms with Crippen LogP contribution in [0.3, 0.4) is 0 Å². The Kier molecular flexibility index (Phi) is 7.27. The van der Waals surface area contributed by atoms with Gasteiger partial charge < -0.3 is 15.4 Å². The Morgan fingerprint density at radius 1 is 1.43 bits per heavy atom. The lowest BCUT2D eigenvalue weighted by atomic mass is 10.3. The van der Waals surface area contributed by atoms with Crippen LogP contribution in [0, 0.1) is 10.1 Å². The first-order valence-electron chi connectivity index (χ1n) is 6.99. The molecular formula is C14H18ClN3O5.